The highest BCUT2D eigenvalue weighted by atomic mass is 32.2. The number of likely N-dealkylation sites (N-methyl/N-ethyl adjacent to an activating group) is 1. The SMILES string of the molecule is C=C(F)/C(=C\C=C\NC(=N)/N=C1/NC=C/C1=C\NC(/C=C\C)=C(/C)N(C)S(=O)(=O)CC)N1CCN(C)CC1. The summed E-state index contributed by atoms with van der Waals surface area (Å²) < 4.78 is 39.8. The average molecular weight is 547 g/mol. The lowest BCUT2D eigenvalue weighted by Gasteiger charge is -2.34. The van der Waals surface area contributed by atoms with Crippen molar-refractivity contribution in [3.8, 4) is 0 Å². The second-order valence-electron chi connectivity index (χ2n) is 8.65. The third-order valence-corrected chi connectivity index (χ3v) is 7.87. The fraction of sp³-hybridized carbons (Fsp3) is 0.385. The number of hydrogen-bond acceptors (Lipinski definition) is 6. The molecular formula is C26H39FN8O2S. The van der Waals surface area contributed by atoms with E-state index >= 15 is 0 Å². The number of piperazine rings is 1. The van der Waals surface area contributed by atoms with Crippen LogP contribution in [0.25, 0.3) is 0 Å². The van der Waals surface area contributed by atoms with Crippen LogP contribution in [0.15, 0.2) is 89.0 Å². The van der Waals surface area contributed by atoms with Gasteiger partial charge in [-0.3, -0.25) is 9.71 Å². The Kier molecular flexibility index (Phi) is 11.5. The Hall–Kier alpha value is -3.64. The number of sulfonamides is 1. The van der Waals surface area contributed by atoms with Crippen LogP contribution in [0.5, 0.6) is 0 Å². The van der Waals surface area contributed by atoms with Crippen molar-refractivity contribution in [1.29, 1.82) is 5.41 Å². The molecular weight excluding hydrogens is 507 g/mol. The van der Waals surface area contributed by atoms with Crippen molar-refractivity contribution < 1.29 is 12.8 Å². The Morgan fingerprint density at radius 3 is 2.61 bits per heavy atom. The van der Waals surface area contributed by atoms with Gasteiger partial charge < -0.3 is 25.8 Å². The van der Waals surface area contributed by atoms with Crippen LogP contribution in [-0.4, -0.2) is 80.3 Å². The summed E-state index contributed by atoms with van der Waals surface area (Å²) in [4.78, 5) is 8.39. The smallest absolute Gasteiger partial charge is 0.234 e. The highest BCUT2D eigenvalue weighted by Crippen LogP contribution is 2.17. The first-order valence-corrected chi connectivity index (χ1v) is 13.9. The third kappa shape index (κ3) is 8.73. The van der Waals surface area contributed by atoms with Crippen LogP contribution in [0, 0.1) is 5.41 Å². The van der Waals surface area contributed by atoms with Crippen molar-refractivity contribution in [1.82, 2.24) is 30.1 Å². The van der Waals surface area contributed by atoms with Crippen LogP contribution in [0.2, 0.25) is 0 Å². The second-order valence-corrected chi connectivity index (χ2v) is 10.9. The molecule has 0 radical (unpaired) electrons. The van der Waals surface area contributed by atoms with Gasteiger partial charge in [0.1, 0.15) is 11.7 Å². The zero-order valence-electron chi connectivity index (χ0n) is 22.8. The number of aliphatic imine (C=N–C) groups is 1. The summed E-state index contributed by atoms with van der Waals surface area (Å²) in [6, 6.07) is 0. The number of rotatable bonds is 10. The fourth-order valence-electron chi connectivity index (χ4n) is 3.58. The van der Waals surface area contributed by atoms with E-state index in [1.807, 2.05) is 24.9 Å². The van der Waals surface area contributed by atoms with Gasteiger partial charge in [0.05, 0.1) is 17.1 Å². The van der Waals surface area contributed by atoms with Crippen molar-refractivity contribution in [3.63, 3.8) is 0 Å². The first-order valence-electron chi connectivity index (χ1n) is 12.3. The minimum atomic E-state index is -3.40. The zero-order chi connectivity index (χ0) is 28.3. The van der Waals surface area contributed by atoms with Crippen LogP contribution in [0.1, 0.15) is 20.8 Å². The lowest BCUT2D eigenvalue weighted by molar-refractivity contribution is 0.185. The predicted molar refractivity (Wildman–Crippen MR) is 153 cm³/mol. The molecule has 2 heterocycles. The molecule has 0 atom stereocenters. The standard InChI is InChI=1S/C26H39FN8O2S/c1-7-10-23(21(4)34(6)38(36,37)8-2)31-19-22-12-14-29-25(22)32-26(28)30-13-9-11-24(20(3)27)35-17-15-33(5)16-18-35/h7,9-14,19,31H,3,8,15-18H2,1-2,4-6H3,(H3,28,29,30,32)/b10-7-,13-9+,22-19+,23-21-,24-11+. The molecule has 1 fully saturated rings. The van der Waals surface area contributed by atoms with Crippen molar-refractivity contribution >= 4 is 21.8 Å². The molecule has 2 aliphatic heterocycles. The largest absolute Gasteiger partial charge is 0.367 e. The Morgan fingerprint density at radius 1 is 1.32 bits per heavy atom. The van der Waals surface area contributed by atoms with Crippen LogP contribution in [-0.2, 0) is 10.0 Å². The summed E-state index contributed by atoms with van der Waals surface area (Å²) >= 11 is 0. The number of nitrogens with one attached hydrogen (secondary N) is 4. The van der Waals surface area contributed by atoms with Crippen molar-refractivity contribution in [2.24, 2.45) is 4.99 Å². The summed E-state index contributed by atoms with van der Waals surface area (Å²) in [7, 11) is 0.149. The molecule has 0 saturated carbocycles. The molecule has 2 aliphatic rings. The van der Waals surface area contributed by atoms with E-state index in [4.69, 9.17) is 5.41 Å². The Morgan fingerprint density at radius 2 is 2.00 bits per heavy atom. The molecule has 0 amide bonds. The maximum absolute atomic E-state index is 14.0. The number of amidine groups is 1. The summed E-state index contributed by atoms with van der Waals surface area (Å²) in [5.74, 6) is -0.200. The number of halogens is 1. The van der Waals surface area contributed by atoms with Gasteiger partial charge in [-0.25, -0.2) is 12.8 Å². The van der Waals surface area contributed by atoms with E-state index in [-0.39, 0.29) is 11.7 Å². The average Bonchev–Trinajstić information content (AvgIpc) is 3.32. The lowest BCUT2D eigenvalue weighted by Crippen LogP contribution is -2.43. The van der Waals surface area contributed by atoms with E-state index in [1.54, 1.807) is 50.6 Å². The van der Waals surface area contributed by atoms with Gasteiger partial charge in [-0.15, -0.1) is 0 Å². The number of hydrogen-bond donors (Lipinski definition) is 4. The molecule has 4 N–H and O–H groups in total. The van der Waals surface area contributed by atoms with Crippen LogP contribution in [0.3, 0.4) is 0 Å². The molecule has 10 nitrogen and oxygen atoms in total. The third-order valence-electron chi connectivity index (χ3n) is 6.03. The van der Waals surface area contributed by atoms with Gasteiger partial charge in [-0.05, 0) is 52.1 Å². The van der Waals surface area contributed by atoms with Crippen molar-refractivity contribution in [3.05, 3.63) is 84.0 Å². The number of allylic oxidation sites excluding steroid dienone is 6. The molecule has 0 aromatic heterocycles. The first kappa shape index (κ1) is 30.6. The Bertz CT molecular complexity index is 1200. The highest BCUT2D eigenvalue weighted by Gasteiger charge is 2.19. The molecule has 0 bridgehead atoms. The molecule has 0 spiro atoms. The van der Waals surface area contributed by atoms with E-state index in [0.29, 0.717) is 41.6 Å². The molecule has 0 aliphatic carbocycles. The van der Waals surface area contributed by atoms with Gasteiger partial charge in [-0.2, -0.15) is 4.99 Å². The summed E-state index contributed by atoms with van der Waals surface area (Å²) in [6.45, 7) is 11.7. The van der Waals surface area contributed by atoms with Gasteiger partial charge in [0.2, 0.25) is 16.0 Å². The summed E-state index contributed by atoms with van der Waals surface area (Å²) in [5.41, 5.74) is 2.23. The lowest BCUT2D eigenvalue weighted by atomic mass is 10.2. The molecule has 38 heavy (non-hydrogen) atoms. The van der Waals surface area contributed by atoms with Crippen LogP contribution in [0.4, 0.5) is 4.39 Å². The normalized spacial score (nSPS) is 19.8. The molecule has 0 unspecified atom stereocenters. The predicted octanol–water partition coefficient (Wildman–Crippen LogP) is 2.72. The molecule has 0 aromatic rings. The van der Waals surface area contributed by atoms with E-state index in [2.05, 4.69) is 32.4 Å². The van der Waals surface area contributed by atoms with Crippen molar-refractivity contribution in [2.75, 3.05) is 46.0 Å². The van der Waals surface area contributed by atoms with Gasteiger partial charge >= 0.3 is 0 Å². The quantitative estimate of drug-likeness (QED) is 0.189. The zero-order valence-corrected chi connectivity index (χ0v) is 23.6. The monoisotopic (exact) mass is 546 g/mol. The van der Waals surface area contributed by atoms with E-state index in [1.165, 1.54) is 17.6 Å². The van der Waals surface area contributed by atoms with Gasteiger partial charge in [0.15, 0.2) is 0 Å². The second kappa shape index (κ2) is 14.3. The maximum atomic E-state index is 14.0. The van der Waals surface area contributed by atoms with E-state index in [9.17, 15) is 12.8 Å². The van der Waals surface area contributed by atoms with Crippen LogP contribution < -0.4 is 16.0 Å². The summed E-state index contributed by atoms with van der Waals surface area (Å²) in [6.07, 6.45) is 13.5. The molecule has 1 saturated heterocycles. The summed E-state index contributed by atoms with van der Waals surface area (Å²) in [5, 5.41) is 17.0. The molecule has 2 rings (SSSR count). The maximum Gasteiger partial charge on any atom is 0.234 e. The van der Waals surface area contributed by atoms with Crippen molar-refractivity contribution in [2.45, 2.75) is 20.8 Å². The number of nitrogens with zero attached hydrogens (tertiary/aromatic N) is 4. The fourth-order valence-corrected chi connectivity index (χ4v) is 4.48. The first-order chi connectivity index (χ1) is 18.0. The number of guanidine groups is 1. The Balaban J connectivity index is 2.09. The van der Waals surface area contributed by atoms with Crippen LogP contribution >= 0.6 is 0 Å². The van der Waals surface area contributed by atoms with Gasteiger partial charge in [-0.1, -0.05) is 12.7 Å². The topological polar surface area (TPSA) is 116 Å². The molecule has 0 aromatic carbocycles. The molecule has 12 heteroatoms. The minimum absolute atomic E-state index is 0.00639. The van der Waals surface area contributed by atoms with E-state index < -0.39 is 15.9 Å². The minimum Gasteiger partial charge on any atom is -0.367 e. The highest BCUT2D eigenvalue weighted by molar-refractivity contribution is 7.89. The van der Waals surface area contributed by atoms with Gasteiger partial charge in [0, 0.05) is 63.1 Å². The van der Waals surface area contributed by atoms with E-state index in [0.717, 1.165) is 13.1 Å². The Labute approximate surface area is 225 Å². The molecule has 208 valence electrons. The van der Waals surface area contributed by atoms with Gasteiger partial charge in [0.25, 0.3) is 0 Å².